The number of anilines is 1. The first kappa shape index (κ1) is 16.7. The van der Waals surface area contributed by atoms with Gasteiger partial charge in [-0.3, -0.25) is 4.79 Å². The van der Waals surface area contributed by atoms with Crippen LogP contribution in [0.3, 0.4) is 0 Å². The predicted molar refractivity (Wildman–Crippen MR) is 86.2 cm³/mol. The van der Waals surface area contributed by atoms with Gasteiger partial charge in [-0.15, -0.1) is 0 Å². The molecule has 0 aliphatic rings. The Balaban J connectivity index is 2.57. The molecule has 0 aliphatic heterocycles. The molecule has 112 valence electrons. The standard InChI is InChI=1S/C17H28N2O/c1-5-14-8-7-9-15(6-2)17(14)19-16(20)12-18-11-10-13(3)4/h7-9,13,18H,5-6,10-12H2,1-4H3,(H,19,20). The molecule has 1 amide bonds. The van der Waals surface area contributed by atoms with Gasteiger partial charge in [-0.05, 0) is 42.9 Å². The van der Waals surface area contributed by atoms with Gasteiger partial charge in [0.05, 0.1) is 6.54 Å². The van der Waals surface area contributed by atoms with Crippen molar-refractivity contribution in [3.63, 3.8) is 0 Å². The molecule has 0 aromatic heterocycles. The number of para-hydroxylation sites is 1. The van der Waals surface area contributed by atoms with E-state index in [1.54, 1.807) is 0 Å². The van der Waals surface area contributed by atoms with Crippen LogP contribution in [0.1, 0.15) is 45.2 Å². The molecular formula is C17H28N2O. The number of hydrogen-bond acceptors (Lipinski definition) is 2. The van der Waals surface area contributed by atoms with Gasteiger partial charge in [-0.2, -0.15) is 0 Å². The van der Waals surface area contributed by atoms with Gasteiger partial charge in [0.25, 0.3) is 0 Å². The van der Waals surface area contributed by atoms with Gasteiger partial charge in [0, 0.05) is 5.69 Å². The number of benzene rings is 1. The van der Waals surface area contributed by atoms with Crippen LogP contribution in [0.15, 0.2) is 18.2 Å². The zero-order valence-electron chi connectivity index (χ0n) is 13.3. The summed E-state index contributed by atoms with van der Waals surface area (Å²) < 4.78 is 0. The van der Waals surface area contributed by atoms with Crippen molar-refractivity contribution < 1.29 is 4.79 Å². The van der Waals surface area contributed by atoms with Gasteiger partial charge < -0.3 is 10.6 Å². The number of hydrogen-bond donors (Lipinski definition) is 2. The molecule has 0 aliphatic carbocycles. The summed E-state index contributed by atoms with van der Waals surface area (Å²) in [4.78, 5) is 12.0. The Morgan fingerprint density at radius 2 is 1.75 bits per heavy atom. The van der Waals surface area contributed by atoms with E-state index >= 15 is 0 Å². The van der Waals surface area contributed by atoms with E-state index in [0.29, 0.717) is 12.5 Å². The molecule has 0 saturated carbocycles. The van der Waals surface area contributed by atoms with Crippen LogP contribution in [-0.2, 0) is 17.6 Å². The summed E-state index contributed by atoms with van der Waals surface area (Å²) >= 11 is 0. The first-order valence-corrected chi connectivity index (χ1v) is 7.69. The Kier molecular flexibility index (Phi) is 7.31. The van der Waals surface area contributed by atoms with E-state index in [1.807, 2.05) is 0 Å². The quantitative estimate of drug-likeness (QED) is 0.715. The molecule has 0 saturated heterocycles. The molecule has 2 N–H and O–H groups in total. The molecule has 3 heteroatoms. The lowest BCUT2D eigenvalue weighted by Crippen LogP contribution is -2.29. The second-order valence-electron chi connectivity index (χ2n) is 5.57. The molecule has 0 fully saturated rings. The van der Waals surface area contributed by atoms with Crippen molar-refractivity contribution >= 4 is 11.6 Å². The summed E-state index contributed by atoms with van der Waals surface area (Å²) in [5.41, 5.74) is 3.42. The van der Waals surface area contributed by atoms with Crippen LogP contribution >= 0.6 is 0 Å². The molecule has 1 aromatic rings. The summed E-state index contributed by atoms with van der Waals surface area (Å²) in [6.45, 7) is 9.88. The van der Waals surface area contributed by atoms with Gasteiger partial charge in [0.1, 0.15) is 0 Å². The largest absolute Gasteiger partial charge is 0.324 e. The molecule has 0 radical (unpaired) electrons. The van der Waals surface area contributed by atoms with Crippen molar-refractivity contribution in [3.05, 3.63) is 29.3 Å². The minimum absolute atomic E-state index is 0.0457. The molecule has 0 heterocycles. The van der Waals surface area contributed by atoms with Crippen molar-refractivity contribution in [2.75, 3.05) is 18.4 Å². The number of carbonyl (C=O) groups excluding carboxylic acids is 1. The lowest BCUT2D eigenvalue weighted by molar-refractivity contribution is -0.115. The Morgan fingerprint density at radius 3 is 2.25 bits per heavy atom. The van der Waals surface area contributed by atoms with Gasteiger partial charge >= 0.3 is 0 Å². The Bertz CT molecular complexity index is 405. The zero-order chi connectivity index (χ0) is 15.0. The van der Waals surface area contributed by atoms with Gasteiger partial charge in [-0.1, -0.05) is 45.9 Å². The average Bonchev–Trinajstić information content (AvgIpc) is 2.43. The Labute approximate surface area is 123 Å². The number of carbonyl (C=O) groups is 1. The fourth-order valence-electron chi connectivity index (χ4n) is 2.18. The van der Waals surface area contributed by atoms with Crippen molar-refractivity contribution in [3.8, 4) is 0 Å². The van der Waals surface area contributed by atoms with E-state index in [9.17, 15) is 4.79 Å². The van der Waals surface area contributed by atoms with E-state index in [2.05, 4.69) is 56.5 Å². The fraction of sp³-hybridized carbons (Fsp3) is 0.588. The summed E-state index contributed by atoms with van der Waals surface area (Å²) in [6, 6.07) is 6.23. The highest BCUT2D eigenvalue weighted by molar-refractivity contribution is 5.93. The van der Waals surface area contributed by atoms with E-state index in [-0.39, 0.29) is 5.91 Å². The summed E-state index contributed by atoms with van der Waals surface area (Å²) in [5, 5.41) is 6.27. The highest BCUT2D eigenvalue weighted by atomic mass is 16.1. The van der Waals surface area contributed by atoms with Gasteiger partial charge in [-0.25, -0.2) is 0 Å². The van der Waals surface area contributed by atoms with Crippen LogP contribution in [0, 0.1) is 5.92 Å². The first-order valence-electron chi connectivity index (χ1n) is 7.69. The molecule has 0 spiro atoms. The summed E-state index contributed by atoms with van der Waals surface area (Å²) in [5.74, 6) is 0.711. The molecule has 20 heavy (non-hydrogen) atoms. The summed E-state index contributed by atoms with van der Waals surface area (Å²) in [6.07, 6.45) is 2.97. The third kappa shape index (κ3) is 5.33. The number of nitrogens with one attached hydrogen (secondary N) is 2. The van der Waals surface area contributed by atoms with Crippen LogP contribution in [0.2, 0.25) is 0 Å². The van der Waals surface area contributed by atoms with Crippen molar-refractivity contribution in [1.29, 1.82) is 0 Å². The maximum absolute atomic E-state index is 12.0. The Morgan fingerprint density at radius 1 is 1.15 bits per heavy atom. The monoisotopic (exact) mass is 276 g/mol. The zero-order valence-corrected chi connectivity index (χ0v) is 13.3. The molecule has 0 atom stereocenters. The molecular weight excluding hydrogens is 248 g/mol. The van der Waals surface area contributed by atoms with Crippen LogP contribution in [0.4, 0.5) is 5.69 Å². The van der Waals surface area contributed by atoms with Crippen molar-refractivity contribution in [2.24, 2.45) is 5.92 Å². The van der Waals surface area contributed by atoms with Gasteiger partial charge in [0.2, 0.25) is 5.91 Å². The van der Waals surface area contributed by atoms with Crippen LogP contribution in [-0.4, -0.2) is 19.0 Å². The lowest BCUT2D eigenvalue weighted by atomic mass is 10.0. The fourth-order valence-corrected chi connectivity index (χ4v) is 2.18. The van der Waals surface area contributed by atoms with E-state index in [4.69, 9.17) is 0 Å². The Hall–Kier alpha value is -1.35. The van der Waals surface area contributed by atoms with Crippen molar-refractivity contribution in [2.45, 2.75) is 47.0 Å². The molecule has 3 nitrogen and oxygen atoms in total. The normalized spacial score (nSPS) is 10.8. The highest BCUT2D eigenvalue weighted by Crippen LogP contribution is 2.22. The third-order valence-electron chi connectivity index (χ3n) is 3.45. The van der Waals surface area contributed by atoms with E-state index in [1.165, 1.54) is 11.1 Å². The topological polar surface area (TPSA) is 41.1 Å². The summed E-state index contributed by atoms with van der Waals surface area (Å²) in [7, 11) is 0. The smallest absolute Gasteiger partial charge is 0.238 e. The second kappa shape index (κ2) is 8.75. The minimum Gasteiger partial charge on any atom is -0.324 e. The van der Waals surface area contributed by atoms with Crippen LogP contribution in [0.5, 0.6) is 0 Å². The molecule has 1 aromatic carbocycles. The minimum atomic E-state index is 0.0457. The van der Waals surface area contributed by atoms with Gasteiger partial charge in [0.15, 0.2) is 0 Å². The SMILES string of the molecule is CCc1cccc(CC)c1NC(=O)CNCCC(C)C. The first-order chi connectivity index (χ1) is 9.58. The van der Waals surface area contributed by atoms with Crippen LogP contribution in [0.25, 0.3) is 0 Å². The maximum atomic E-state index is 12.0. The lowest BCUT2D eigenvalue weighted by Gasteiger charge is -2.15. The number of amides is 1. The highest BCUT2D eigenvalue weighted by Gasteiger charge is 2.09. The van der Waals surface area contributed by atoms with E-state index < -0.39 is 0 Å². The molecule has 1 rings (SSSR count). The van der Waals surface area contributed by atoms with Crippen LogP contribution < -0.4 is 10.6 Å². The molecule has 0 bridgehead atoms. The second-order valence-corrected chi connectivity index (χ2v) is 5.57. The van der Waals surface area contributed by atoms with E-state index in [0.717, 1.165) is 31.5 Å². The molecule has 0 unspecified atom stereocenters. The average molecular weight is 276 g/mol. The predicted octanol–water partition coefficient (Wildman–Crippen LogP) is 3.39. The number of rotatable bonds is 8. The number of aryl methyl sites for hydroxylation is 2. The maximum Gasteiger partial charge on any atom is 0.238 e. The van der Waals surface area contributed by atoms with Crippen molar-refractivity contribution in [1.82, 2.24) is 5.32 Å². The third-order valence-corrected chi connectivity index (χ3v) is 3.45.